The molecule has 1 aromatic heterocycles. The summed E-state index contributed by atoms with van der Waals surface area (Å²) in [5.41, 5.74) is 5.03. The zero-order valence-electron chi connectivity index (χ0n) is 13.5. The highest BCUT2D eigenvalue weighted by Gasteiger charge is 2.14. The number of hydrogen-bond acceptors (Lipinski definition) is 0. The Kier molecular flexibility index (Phi) is 2.77. The fourth-order valence-corrected chi connectivity index (χ4v) is 3.88. The molecule has 1 N–H and O–H groups in total. The molecule has 1 nitrogen and oxygen atoms in total. The molecule has 0 aliphatic rings. The van der Waals surface area contributed by atoms with E-state index in [1.54, 1.807) is 0 Å². The number of nitrogens with one attached hydrogen (secondary N) is 1. The van der Waals surface area contributed by atoms with E-state index in [0.717, 1.165) is 0 Å². The largest absolute Gasteiger partial charge is 0.358 e. The first-order chi connectivity index (χ1) is 11.8. The van der Waals surface area contributed by atoms with Crippen LogP contribution in [0.5, 0.6) is 0 Å². The van der Waals surface area contributed by atoms with Crippen LogP contribution in [0.4, 0.5) is 0 Å². The van der Waals surface area contributed by atoms with Crippen molar-refractivity contribution in [1.29, 1.82) is 0 Å². The van der Waals surface area contributed by atoms with Gasteiger partial charge in [0.15, 0.2) is 0 Å². The molecule has 0 saturated carbocycles. The summed E-state index contributed by atoms with van der Waals surface area (Å²) in [4.78, 5) is 3.54. The lowest BCUT2D eigenvalue weighted by Crippen LogP contribution is -1.85. The third kappa shape index (κ3) is 1.82. The zero-order valence-corrected chi connectivity index (χ0v) is 13.5. The van der Waals surface area contributed by atoms with Gasteiger partial charge in [-0.1, -0.05) is 66.7 Å². The Bertz CT molecular complexity index is 1210. The van der Waals surface area contributed by atoms with Crippen LogP contribution in [-0.4, -0.2) is 4.98 Å². The molecule has 5 aromatic rings. The number of para-hydroxylation sites is 1. The molecule has 0 radical (unpaired) electrons. The first kappa shape index (κ1) is 13.4. The fraction of sp³-hybridized carbons (Fsp3) is 0.0435. The minimum absolute atomic E-state index is 1.20. The summed E-state index contributed by atoms with van der Waals surface area (Å²) in [6.07, 6.45) is 0. The molecule has 0 unspecified atom stereocenters. The van der Waals surface area contributed by atoms with Gasteiger partial charge in [-0.3, -0.25) is 0 Å². The molecular weight excluding hydrogens is 290 g/mol. The lowest BCUT2D eigenvalue weighted by Gasteiger charge is -2.11. The molecule has 0 aliphatic carbocycles. The number of hydrogen-bond donors (Lipinski definition) is 1. The van der Waals surface area contributed by atoms with Crippen LogP contribution in [0.1, 0.15) is 5.69 Å². The maximum Gasteiger partial charge on any atom is 0.0462 e. The van der Waals surface area contributed by atoms with E-state index in [2.05, 4.69) is 90.8 Å². The van der Waals surface area contributed by atoms with Gasteiger partial charge in [-0.05, 0) is 46.2 Å². The average molecular weight is 307 g/mol. The van der Waals surface area contributed by atoms with Crippen molar-refractivity contribution >= 4 is 32.4 Å². The van der Waals surface area contributed by atoms with Crippen LogP contribution in [0.3, 0.4) is 0 Å². The van der Waals surface area contributed by atoms with Gasteiger partial charge in [-0.25, -0.2) is 0 Å². The van der Waals surface area contributed by atoms with E-state index in [1.165, 1.54) is 49.3 Å². The molecule has 0 bridgehead atoms. The summed E-state index contributed by atoms with van der Waals surface area (Å²) in [5.74, 6) is 0. The van der Waals surface area contributed by atoms with Gasteiger partial charge in [0, 0.05) is 22.2 Å². The normalized spacial score (nSPS) is 11.5. The van der Waals surface area contributed by atoms with Gasteiger partial charge >= 0.3 is 0 Å². The monoisotopic (exact) mass is 307 g/mol. The van der Waals surface area contributed by atoms with Crippen molar-refractivity contribution in [3.05, 3.63) is 84.6 Å². The first-order valence-electron chi connectivity index (χ1n) is 8.31. The van der Waals surface area contributed by atoms with Gasteiger partial charge in [-0.15, -0.1) is 0 Å². The van der Waals surface area contributed by atoms with Gasteiger partial charge < -0.3 is 4.98 Å². The quantitative estimate of drug-likeness (QED) is 0.342. The van der Waals surface area contributed by atoms with E-state index in [-0.39, 0.29) is 0 Å². The second-order valence-corrected chi connectivity index (χ2v) is 6.36. The van der Waals surface area contributed by atoms with Crippen LogP contribution in [-0.2, 0) is 0 Å². The lowest BCUT2D eigenvalue weighted by molar-refractivity contribution is 1.30. The Balaban J connectivity index is 2.00. The minimum Gasteiger partial charge on any atom is -0.358 e. The topological polar surface area (TPSA) is 15.8 Å². The SMILES string of the molecule is Cc1[nH]c2ccccc2c1-c1cc2ccccc2c2ccccc12. The molecule has 0 amide bonds. The molecule has 1 heteroatoms. The Morgan fingerprint density at radius 2 is 1.25 bits per heavy atom. The van der Waals surface area contributed by atoms with Crippen LogP contribution >= 0.6 is 0 Å². The van der Waals surface area contributed by atoms with Gasteiger partial charge in [0.1, 0.15) is 0 Å². The Labute approximate surface area is 140 Å². The number of aryl methyl sites for hydroxylation is 1. The molecule has 1 heterocycles. The Hall–Kier alpha value is -3.06. The highest BCUT2D eigenvalue weighted by Crippen LogP contribution is 2.39. The van der Waals surface area contributed by atoms with E-state index < -0.39 is 0 Å². The third-order valence-electron chi connectivity index (χ3n) is 4.93. The number of benzene rings is 4. The summed E-state index contributed by atoms with van der Waals surface area (Å²) in [6.45, 7) is 2.17. The first-order valence-corrected chi connectivity index (χ1v) is 8.31. The predicted molar refractivity (Wildman–Crippen MR) is 103 cm³/mol. The smallest absolute Gasteiger partial charge is 0.0462 e. The highest BCUT2D eigenvalue weighted by molar-refractivity contribution is 6.16. The lowest BCUT2D eigenvalue weighted by atomic mass is 9.92. The molecular formula is C23H17N. The van der Waals surface area contributed by atoms with E-state index in [4.69, 9.17) is 0 Å². The summed E-state index contributed by atoms with van der Waals surface area (Å²) in [6, 6.07) is 28.2. The van der Waals surface area contributed by atoms with Crippen molar-refractivity contribution in [1.82, 2.24) is 4.98 Å². The summed E-state index contributed by atoms with van der Waals surface area (Å²) in [5, 5.41) is 6.51. The molecule has 0 aliphatic heterocycles. The maximum atomic E-state index is 3.54. The molecule has 114 valence electrons. The molecule has 5 rings (SSSR count). The van der Waals surface area contributed by atoms with E-state index in [9.17, 15) is 0 Å². The minimum atomic E-state index is 1.20. The van der Waals surface area contributed by atoms with Crippen LogP contribution in [0.2, 0.25) is 0 Å². The molecule has 4 aromatic carbocycles. The maximum absolute atomic E-state index is 3.54. The predicted octanol–water partition coefficient (Wildman–Crippen LogP) is 6.45. The number of aromatic amines is 1. The van der Waals surface area contributed by atoms with Gasteiger partial charge in [0.05, 0.1) is 0 Å². The number of rotatable bonds is 1. The van der Waals surface area contributed by atoms with Crippen LogP contribution in [0, 0.1) is 6.92 Å². The van der Waals surface area contributed by atoms with Crippen LogP contribution < -0.4 is 0 Å². The second-order valence-electron chi connectivity index (χ2n) is 6.36. The molecule has 0 atom stereocenters. The number of H-pyrrole nitrogens is 1. The zero-order chi connectivity index (χ0) is 16.1. The summed E-state index contributed by atoms with van der Waals surface area (Å²) in [7, 11) is 0. The molecule has 0 saturated heterocycles. The van der Waals surface area contributed by atoms with Gasteiger partial charge in [-0.2, -0.15) is 0 Å². The van der Waals surface area contributed by atoms with Crippen LogP contribution in [0.15, 0.2) is 78.9 Å². The fourth-order valence-electron chi connectivity index (χ4n) is 3.88. The number of aromatic nitrogens is 1. The Morgan fingerprint density at radius 3 is 2.08 bits per heavy atom. The average Bonchev–Trinajstić information content (AvgIpc) is 2.97. The van der Waals surface area contributed by atoms with Crippen molar-refractivity contribution in [3.63, 3.8) is 0 Å². The number of fused-ring (bicyclic) bond motifs is 4. The molecule has 0 fully saturated rings. The summed E-state index contributed by atoms with van der Waals surface area (Å²) < 4.78 is 0. The third-order valence-corrected chi connectivity index (χ3v) is 4.93. The molecule has 24 heavy (non-hydrogen) atoms. The van der Waals surface area contributed by atoms with Crippen molar-refractivity contribution in [2.24, 2.45) is 0 Å². The second kappa shape index (κ2) is 4.97. The van der Waals surface area contributed by atoms with Crippen molar-refractivity contribution in [2.75, 3.05) is 0 Å². The Morgan fingerprint density at radius 1 is 0.625 bits per heavy atom. The molecule has 0 spiro atoms. The van der Waals surface area contributed by atoms with E-state index >= 15 is 0 Å². The van der Waals surface area contributed by atoms with Crippen LogP contribution in [0.25, 0.3) is 43.6 Å². The van der Waals surface area contributed by atoms with Crippen molar-refractivity contribution in [3.8, 4) is 11.1 Å². The van der Waals surface area contributed by atoms with Crippen molar-refractivity contribution in [2.45, 2.75) is 6.92 Å². The van der Waals surface area contributed by atoms with E-state index in [0.29, 0.717) is 0 Å². The van der Waals surface area contributed by atoms with Gasteiger partial charge in [0.25, 0.3) is 0 Å². The highest BCUT2D eigenvalue weighted by atomic mass is 14.7. The standard InChI is InChI=1S/C23H17N/c1-15-23(20-12-6-7-13-22(20)24-15)21-14-16-8-2-3-9-17(16)18-10-4-5-11-19(18)21/h2-14,24H,1H3. The van der Waals surface area contributed by atoms with E-state index in [1.807, 2.05) is 0 Å². The van der Waals surface area contributed by atoms with Crippen molar-refractivity contribution < 1.29 is 0 Å². The summed E-state index contributed by atoms with van der Waals surface area (Å²) >= 11 is 0. The van der Waals surface area contributed by atoms with Gasteiger partial charge in [0.2, 0.25) is 0 Å².